The van der Waals surface area contributed by atoms with Crippen LogP contribution in [0.3, 0.4) is 0 Å². The van der Waals surface area contributed by atoms with Crippen LogP contribution in [0.1, 0.15) is 65.4 Å². The fourth-order valence-electron chi connectivity index (χ4n) is 7.86. The van der Waals surface area contributed by atoms with E-state index in [0.717, 1.165) is 0 Å². The van der Waals surface area contributed by atoms with Gasteiger partial charge in [-0.2, -0.15) is 132 Å². The number of nitrogens with zero attached hydrogens (tertiary/aromatic N) is 1. The third kappa shape index (κ3) is 14.4. The van der Waals surface area contributed by atoms with Crippen molar-refractivity contribution in [3.63, 3.8) is 0 Å². The van der Waals surface area contributed by atoms with Gasteiger partial charge in [0.15, 0.2) is 12.3 Å². The molecule has 0 aliphatic heterocycles. The summed E-state index contributed by atoms with van der Waals surface area (Å²) in [5.74, 6) is -0.636. The van der Waals surface area contributed by atoms with Gasteiger partial charge < -0.3 is 4.74 Å². The molecule has 4 nitrogen and oxygen atoms in total. The van der Waals surface area contributed by atoms with Gasteiger partial charge in [-0.15, -0.1) is 0 Å². The van der Waals surface area contributed by atoms with Gasteiger partial charge in [-0.05, 0) is 30.3 Å². The number of carbonyl (C=O) groups excluding carboxylic acids is 2. The summed E-state index contributed by atoms with van der Waals surface area (Å²) >= 11 is 5.38. The molecule has 6 rings (SSSR count). The van der Waals surface area contributed by atoms with Crippen molar-refractivity contribution in [3.05, 3.63) is 183 Å². The molecule has 1 aromatic heterocycles. The fraction of sp³-hybridized carbons (Fsp3) is 0.213. The van der Waals surface area contributed by atoms with Crippen molar-refractivity contribution >= 4 is 51.4 Å². The highest BCUT2D eigenvalue weighted by Gasteiger charge is 2.47. The first-order valence-electron chi connectivity index (χ1n) is 20.6. The van der Waals surface area contributed by atoms with Crippen molar-refractivity contribution in [3.8, 4) is 0 Å². The van der Waals surface area contributed by atoms with Crippen LogP contribution in [-0.2, 0) is 60.7 Å². The average molecular weight is 1150 g/mol. The first kappa shape index (κ1) is 60.9. The van der Waals surface area contributed by atoms with Crippen LogP contribution in [0, 0.1) is 0 Å². The maximum Gasteiger partial charge on any atom is 0.416 e. The number of alkyl halides is 25. The summed E-state index contributed by atoms with van der Waals surface area (Å²) in [6.45, 7) is 0.0670. The van der Waals surface area contributed by atoms with Crippen LogP contribution >= 0.6 is 11.6 Å². The molecular weight excluding hydrogens is 1130 g/mol. The summed E-state index contributed by atoms with van der Waals surface area (Å²) in [5.41, 5.74) is -29.3. The van der Waals surface area contributed by atoms with Gasteiger partial charge in [-0.3, -0.25) is 4.79 Å². The van der Waals surface area contributed by atoms with Gasteiger partial charge in [0.2, 0.25) is 12.3 Å². The van der Waals surface area contributed by atoms with Crippen molar-refractivity contribution in [2.75, 3.05) is 6.07 Å². The molecule has 0 radical (unpaired) electrons. The van der Waals surface area contributed by atoms with E-state index in [0.29, 0.717) is 5.56 Å². The number of pyridine rings is 1. The lowest BCUT2D eigenvalue weighted by molar-refractivity contribution is -0.685. The predicted molar refractivity (Wildman–Crippen MR) is 224 cm³/mol. The van der Waals surface area contributed by atoms with E-state index in [1.54, 1.807) is 53.2 Å². The number of halogens is 25. The van der Waals surface area contributed by atoms with Crippen LogP contribution < -0.4 is 26.4 Å². The van der Waals surface area contributed by atoms with Gasteiger partial charge in [0.25, 0.3) is 5.69 Å². The van der Waals surface area contributed by atoms with Crippen LogP contribution in [0.2, 0.25) is 0 Å². The smallest absolute Gasteiger partial charge is 0.416 e. The molecule has 0 fully saturated rings. The summed E-state index contributed by atoms with van der Waals surface area (Å²) in [7, 11) is 0. The summed E-state index contributed by atoms with van der Waals surface area (Å²) in [6.07, 6.45) is -53.1. The van der Waals surface area contributed by atoms with Crippen LogP contribution in [0.5, 0.6) is 0 Å². The standard InChI is InChI=1S/C32H12BF24.C15H13ClNO3/c34-25(35,36)13-1-14(26(37,38)39)6-21(5-13)33(22-7-15(27(40,41)42)2-16(8-22)28(43,44)45,23-9-17(29(46,47)48)3-18(10-23)30(49,50)51)24-11-19(31(52,53)54)4-20(12-24)32(55,56)57;16-11-20-15(19)13-8-4-5-9-17(13)10-14(18)12-6-2-1-3-7-12/h1-12H;1-9H,10-11H2/q-1;+1. The topological polar surface area (TPSA) is 47.2 Å². The van der Waals surface area contributed by atoms with Gasteiger partial charge in [0, 0.05) is 17.7 Å². The molecule has 0 atom stereocenters. The number of hydrogen-bond donors (Lipinski definition) is 0. The van der Waals surface area contributed by atoms with Crippen LogP contribution in [0.15, 0.2) is 128 Å². The Balaban J connectivity index is 0.000000455. The molecule has 0 saturated carbocycles. The first-order chi connectivity index (χ1) is 35.0. The third-order valence-corrected chi connectivity index (χ3v) is 11.3. The maximum atomic E-state index is 14.2. The van der Waals surface area contributed by atoms with E-state index in [9.17, 15) is 115 Å². The minimum Gasteiger partial charge on any atom is -0.441 e. The summed E-state index contributed by atoms with van der Waals surface area (Å²) in [5, 5.41) is 0. The van der Waals surface area contributed by atoms with Crippen molar-refractivity contribution in [1.82, 2.24) is 0 Å². The highest BCUT2D eigenvalue weighted by molar-refractivity contribution is 7.20. The molecule has 0 amide bonds. The van der Waals surface area contributed by atoms with Gasteiger partial charge >= 0.3 is 55.4 Å². The van der Waals surface area contributed by atoms with Gasteiger partial charge in [-0.1, -0.05) is 90.5 Å². The zero-order valence-electron chi connectivity index (χ0n) is 37.2. The Bertz CT molecular complexity index is 2680. The van der Waals surface area contributed by atoms with E-state index >= 15 is 0 Å². The van der Waals surface area contributed by atoms with Crippen molar-refractivity contribution in [2.24, 2.45) is 0 Å². The third-order valence-electron chi connectivity index (χ3n) is 11.2. The monoisotopic (exact) mass is 1150 g/mol. The van der Waals surface area contributed by atoms with Crippen LogP contribution in [-0.4, -0.2) is 24.0 Å². The van der Waals surface area contributed by atoms with E-state index in [1.165, 1.54) is 0 Å². The van der Waals surface area contributed by atoms with Crippen molar-refractivity contribution in [1.29, 1.82) is 0 Å². The van der Waals surface area contributed by atoms with E-state index in [4.69, 9.17) is 16.3 Å². The molecule has 0 aliphatic carbocycles. The van der Waals surface area contributed by atoms with E-state index in [-0.39, 0.29) is 24.1 Å². The fourth-order valence-corrected chi connectivity index (χ4v) is 7.96. The molecule has 0 unspecified atom stereocenters. The zero-order chi connectivity index (χ0) is 58.3. The molecule has 6 aromatic rings. The Hall–Kier alpha value is -6.94. The highest BCUT2D eigenvalue weighted by atomic mass is 35.5. The van der Waals surface area contributed by atoms with Crippen LogP contribution in [0.25, 0.3) is 0 Å². The Morgan fingerprint density at radius 2 is 0.649 bits per heavy atom. The average Bonchev–Trinajstić information content (AvgIpc) is 3.30. The molecule has 30 heteroatoms. The summed E-state index contributed by atoms with van der Waals surface area (Å²) in [4.78, 5) is 23.9. The number of rotatable bonds is 9. The lowest BCUT2D eigenvalue weighted by Gasteiger charge is -2.46. The Morgan fingerprint density at radius 1 is 0.390 bits per heavy atom. The summed E-state index contributed by atoms with van der Waals surface area (Å²) in [6, 6.07) is 4.92. The zero-order valence-corrected chi connectivity index (χ0v) is 38.0. The number of ketones is 1. The quantitative estimate of drug-likeness (QED) is 0.0362. The molecule has 77 heavy (non-hydrogen) atoms. The molecule has 0 spiro atoms. The lowest BCUT2D eigenvalue weighted by Crippen LogP contribution is -2.75. The van der Waals surface area contributed by atoms with E-state index in [2.05, 4.69) is 0 Å². The number of ether oxygens (including phenoxy) is 1. The maximum absolute atomic E-state index is 14.2. The normalized spacial score (nSPS) is 13.2. The van der Waals surface area contributed by atoms with E-state index in [1.807, 2.05) is 6.07 Å². The molecule has 0 aliphatic rings. The second-order valence-corrected chi connectivity index (χ2v) is 16.5. The highest BCUT2D eigenvalue weighted by Crippen LogP contribution is 2.41. The van der Waals surface area contributed by atoms with Crippen LogP contribution in [0.4, 0.5) is 105 Å². The largest absolute Gasteiger partial charge is 0.441 e. The number of hydrogen-bond acceptors (Lipinski definition) is 3. The Labute approximate surface area is 420 Å². The minimum absolute atomic E-state index is 0.0670. The summed E-state index contributed by atoms with van der Waals surface area (Å²) < 4.78 is 347. The molecule has 5 aromatic carbocycles. The lowest BCUT2D eigenvalue weighted by atomic mass is 9.12. The first-order valence-corrected chi connectivity index (χ1v) is 21.2. The minimum atomic E-state index is -6.13. The molecule has 0 N–H and O–H groups in total. The predicted octanol–water partition coefficient (Wildman–Crippen LogP) is 13.4. The van der Waals surface area contributed by atoms with Gasteiger partial charge in [-0.25, -0.2) is 4.79 Å². The second-order valence-electron chi connectivity index (χ2n) is 16.3. The SMILES string of the molecule is FC(F)(F)c1cc([B-](c2cc(C(F)(F)F)cc(C(F)(F)F)c2)(c2cc(C(F)(F)F)cc(C(F)(F)F)c2)c2cc(C(F)(F)F)cc(C(F)(F)F)c2)cc(C(F)(F)F)c1.O=C(C[n+]1ccccc1C(=O)OCCl)c1ccccc1. The number of aromatic nitrogens is 1. The molecule has 0 bridgehead atoms. The molecular formula is C47H25BClF24NO3. The number of benzene rings is 5. The number of esters is 1. The van der Waals surface area contributed by atoms with E-state index < -0.39 is 201 Å². The Kier molecular flexibility index (Phi) is 17.0. The van der Waals surface area contributed by atoms with Crippen molar-refractivity contribution < 1.29 is 124 Å². The van der Waals surface area contributed by atoms with Gasteiger partial charge in [0.05, 0.1) is 44.5 Å². The van der Waals surface area contributed by atoms with Crippen molar-refractivity contribution in [2.45, 2.75) is 56.0 Å². The number of Topliss-reactive ketones (excluding diaryl/α,β-unsaturated/α-hetero) is 1. The molecule has 414 valence electrons. The molecule has 1 heterocycles. The van der Waals surface area contributed by atoms with Gasteiger partial charge in [0.1, 0.15) is 6.15 Å². The molecule has 0 saturated heterocycles. The number of carbonyl (C=O) groups is 2. The Morgan fingerprint density at radius 3 is 0.896 bits per heavy atom. The second kappa shape index (κ2) is 21.5.